The Hall–Kier alpha value is -4.00. The van der Waals surface area contributed by atoms with Crippen molar-refractivity contribution in [2.45, 2.75) is 26.2 Å². The molecule has 0 fully saturated rings. The van der Waals surface area contributed by atoms with Gasteiger partial charge in [-0.2, -0.15) is 5.10 Å². The highest BCUT2D eigenvalue weighted by Gasteiger charge is 2.18. The number of anilines is 3. The van der Waals surface area contributed by atoms with Crippen molar-refractivity contribution in [2.24, 2.45) is 0 Å². The zero-order valence-electron chi connectivity index (χ0n) is 17.5. The first-order valence-electron chi connectivity index (χ1n) is 10.2. The van der Waals surface area contributed by atoms with Gasteiger partial charge in [0.2, 0.25) is 5.91 Å². The molecule has 2 N–H and O–H groups in total. The molecule has 0 spiro atoms. The second kappa shape index (κ2) is 9.21. The number of carbonyl (C=O) groups excluding carboxylic acids is 1. The Kier molecular flexibility index (Phi) is 6.03. The number of hydrogen-bond acceptors (Lipinski definition) is 5. The Morgan fingerprint density at radius 3 is 2.42 bits per heavy atom. The fourth-order valence-electron chi connectivity index (χ4n) is 3.41. The van der Waals surface area contributed by atoms with Gasteiger partial charge in [-0.05, 0) is 49.2 Å². The molecule has 7 nitrogen and oxygen atoms in total. The average molecular weight is 412 g/mol. The second-order valence-electron chi connectivity index (χ2n) is 7.17. The predicted octanol–water partition coefficient (Wildman–Crippen LogP) is 4.85. The molecule has 0 aliphatic heterocycles. The first-order chi connectivity index (χ1) is 15.1. The maximum Gasteiger partial charge on any atom is 0.231 e. The molecule has 0 aliphatic carbocycles. The normalized spacial score (nSPS) is 11.7. The van der Waals surface area contributed by atoms with Crippen LogP contribution in [0.1, 0.15) is 30.7 Å². The third-order valence-corrected chi connectivity index (χ3v) is 4.92. The summed E-state index contributed by atoms with van der Waals surface area (Å²) in [5.74, 6) is 1.82. The van der Waals surface area contributed by atoms with E-state index in [1.807, 2.05) is 86.8 Å². The summed E-state index contributed by atoms with van der Waals surface area (Å²) in [6, 6.07) is 21.1. The lowest BCUT2D eigenvalue weighted by atomic mass is 9.95. The Morgan fingerprint density at radius 1 is 1.00 bits per heavy atom. The first-order valence-corrected chi connectivity index (χ1v) is 10.2. The number of benzene rings is 2. The topological polar surface area (TPSA) is 84.7 Å². The average Bonchev–Trinajstić information content (AvgIpc) is 3.31. The van der Waals surface area contributed by atoms with E-state index in [0.29, 0.717) is 17.5 Å². The highest BCUT2D eigenvalue weighted by molar-refractivity contribution is 5.96. The number of rotatable bonds is 7. The van der Waals surface area contributed by atoms with E-state index in [9.17, 15) is 4.79 Å². The van der Waals surface area contributed by atoms with E-state index in [1.54, 1.807) is 10.9 Å². The smallest absolute Gasteiger partial charge is 0.231 e. The summed E-state index contributed by atoms with van der Waals surface area (Å²) >= 11 is 0. The van der Waals surface area contributed by atoms with Crippen molar-refractivity contribution in [3.8, 4) is 5.82 Å². The monoisotopic (exact) mass is 412 g/mol. The number of aryl methyl sites for hydroxylation is 1. The molecule has 0 unspecified atom stereocenters. The van der Waals surface area contributed by atoms with E-state index in [-0.39, 0.29) is 11.8 Å². The maximum absolute atomic E-state index is 12.8. The molecule has 156 valence electrons. The number of hydrogen-bond donors (Lipinski definition) is 2. The van der Waals surface area contributed by atoms with Gasteiger partial charge in [-0.15, -0.1) is 0 Å². The quantitative estimate of drug-likeness (QED) is 0.453. The molecule has 0 bridgehead atoms. The first kappa shape index (κ1) is 20.3. The van der Waals surface area contributed by atoms with E-state index in [2.05, 4.69) is 25.7 Å². The Bertz CT molecular complexity index is 1140. The minimum atomic E-state index is -0.177. The summed E-state index contributed by atoms with van der Waals surface area (Å²) in [4.78, 5) is 21.6. The summed E-state index contributed by atoms with van der Waals surface area (Å²) in [5, 5.41) is 10.5. The van der Waals surface area contributed by atoms with Crippen LogP contribution in [-0.4, -0.2) is 25.7 Å². The number of nitrogens with one attached hydrogen (secondary N) is 2. The van der Waals surface area contributed by atoms with Gasteiger partial charge >= 0.3 is 0 Å². The molecule has 0 radical (unpaired) electrons. The van der Waals surface area contributed by atoms with Gasteiger partial charge < -0.3 is 10.6 Å². The van der Waals surface area contributed by atoms with Gasteiger partial charge in [-0.3, -0.25) is 4.79 Å². The lowest BCUT2D eigenvalue weighted by molar-refractivity contribution is -0.117. The van der Waals surface area contributed by atoms with Crippen LogP contribution in [0.4, 0.5) is 17.2 Å². The molecule has 7 heteroatoms. The number of nitrogens with zero attached hydrogens (tertiary/aromatic N) is 4. The van der Waals surface area contributed by atoms with Crippen molar-refractivity contribution in [1.29, 1.82) is 0 Å². The van der Waals surface area contributed by atoms with Crippen LogP contribution < -0.4 is 10.6 Å². The largest absolute Gasteiger partial charge is 0.340 e. The third kappa shape index (κ3) is 4.95. The molecule has 0 aliphatic rings. The van der Waals surface area contributed by atoms with Crippen molar-refractivity contribution in [1.82, 2.24) is 19.7 Å². The lowest BCUT2D eigenvalue weighted by Crippen LogP contribution is -2.20. The van der Waals surface area contributed by atoms with Crippen molar-refractivity contribution >= 4 is 23.1 Å². The van der Waals surface area contributed by atoms with Crippen molar-refractivity contribution in [3.05, 3.63) is 90.5 Å². The van der Waals surface area contributed by atoms with Crippen LogP contribution in [0.3, 0.4) is 0 Å². The van der Waals surface area contributed by atoms with Crippen LogP contribution in [0.15, 0.2) is 79.1 Å². The molecule has 2 aromatic heterocycles. The predicted molar refractivity (Wildman–Crippen MR) is 122 cm³/mol. The molecule has 1 amide bonds. The molecule has 4 aromatic rings. The summed E-state index contributed by atoms with van der Waals surface area (Å²) in [5.41, 5.74) is 2.63. The summed E-state index contributed by atoms with van der Waals surface area (Å²) < 4.78 is 1.69. The van der Waals surface area contributed by atoms with Gasteiger partial charge in [0.1, 0.15) is 11.6 Å². The molecule has 31 heavy (non-hydrogen) atoms. The van der Waals surface area contributed by atoms with Crippen LogP contribution in [0, 0.1) is 6.92 Å². The van der Waals surface area contributed by atoms with E-state index >= 15 is 0 Å². The van der Waals surface area contributed by atoms with Crippen LogP contribution in [0.2, 0.25) is 0 Å². The third-order valence-electron chi connectivity index (χ3n) is 4.92. The minimum Gasteiger partial charge on any atom is -0.340 e. The van der Waals surface area contributed by atoms with E-state index < -0.39 is 0 Å². The number of amides is 1. The lowest BCUT2D eigenvalue weighted by Gasteiger charge is -2.16. The van der Waals surface area contributed by atoms with Gasteiger partial charge in [-0.1, -0.05) is 37.3 Å². The fraction of sp³-hybridized carbons (Fsp3) is 0.167. The zero-order chi connectivity index (χ0) is 21.6. The van der Waals surface area contributed by atoms with Gasteiger partial charge in [0, 0.05) is 29.8 Å². The van der Waals surface area contributed by atoms with E-state index in [4.69, 9.17) is 0 Å². The summed E-state index contributed by atoms with van der Waals surface area (Å²) in [6.45, 7) is 3.86. The van der Waals surface area contributed by atoms with Crippen LogP contribution in [-0.2, 0) is 4.79 Å². The second-order valence-corrected chi connectivity index (χ2v) is 7.17. The molecular formula is C24H24N6O. The zero-order valence-corrected chi connectivity index (χ0v) is 17.5. The van der Waals surface area contributed by atoms with Crippen LogP contribution in [0.25, 0.3) is 5.82 Å². The van der Waals surface area contributed by atoms with Crippen LogP contribution >= 0.6 is 0 Å². The molecule has 4 rings (SSSR count). The van der Waals surface area contributed by atoms with Crippen molar-refractivity contribution < 1.29 is 4.79 Å². The SMILES string of the molecule is CC[C@@H](C(=O)Nc1ccc(Nc2cc(-n3cccn3)nc(C)n2)cc1)c1ccccc1. The molecule has 1 atom stereocenters. The number of carbonyl (C=O) groups is 1. The maximum atomic E-state index is 12.8. The Morgan fingerprint density at radius 2 is 1.74 bits per heavy atom. The Labute approximate surface area is 181 Å². The fourth-order valence-corrected chi connectivity index (χ4v) is 3.41. The molecular weight excluding hydrogens is 388 g/mol. The van der Waals surface area contributed by atoms with Gasteiger partial charge in [-0.25, -0.2) is 14.6 Å². The van der Waals surface area contributed by atoms with E-state index in [0.717, 1.165) is 23.4 Å². The molecule has 2 heterocycles. The van der Waals surface area contributed by atoms with Gasteiger partial charge in [0.25, 0.3) is 0 Å². The highest BCUT2D eigenvalue weighted by atomic mass is 16.1. The summed E-state index contributed by atoms with van der Waals surface area (Å²) in [7, 11) is 0. The molecule has 0 saturated carbocycles. The van der Waals surface area contributed by atoms with E-state index in [1.165, 1.54) is 0 Å². The van der Waals surface area contributed by atoms with Gasteiger partial charge in [0.05, 0.1) is 5.92 Å². The molecule has 2 aromatic carbocycles. The van der Waals surface area contributed by atoms with Crippen molar-refractivity contribution in [2.75, 3.05) is 10.6 Å². The minimum absolute atomic E-state index is 0.00954. The van der Waals surface area contributed by atoms with Gasteiger partial charge in [0.15, 0.2) is 5.82 Å². The summed E-state index contributed by atoms with van der Waals surface area (Å²) in [6.07, 6.45) is 4.28. The number of aromatic nitrogens is 4. The standard InChI is InChI=1S/C24H24N6O/c1-3-21(18-8-5-4-6-9-18)24(31)29-20-12-10-19(11-13-20)28-22-16-23(27-17(2)26-22)30-15-7-14-25-30/h4-16,21H,3H2,1-2H3,(H,29,31)(H,26,27,28)/t21-/m1/s1. The molecule has 0 saturated heterocycles. The van der Waals surface area contributed by atoms with Crippen molar-refractivity contribution in [3.63, 3.8) is 0 Å². The van der Waals surface area contributed by atoms with Crippen LogP contribution in [0.5, 0.6) is 0 Å². The highest BCUT2D eigenvalue weighted by Crippen LogP contribution is 2.23. The Balaban J connectivity index is 1.45.